The Morgan fingerprint density at radius 1 is 1.20 bits per heavy atom. The van der Waals surface area contributed by atoms with Crippen molar-refractivity contribution in [1.82, 2.24) is 5.32 Å². The highest BCUT2D eigenvalue weighted by Crippen LogP contribution is 2.35. The highest BCUT2D eigenvalue weighted by atomic mass is 127. The molecule has 2 N–H and O–H groups in total. The van der Waals surface area contributed by atoms with Gasteiger partial charge in [0.15, 0.2) is 23.2 Å². The van der Waals surface area contributed by atoms with E-state index in [-0.39, 0.29) is 28.5 Å². The Balaban J connectivity index is 2.00. The molecule has 0 aliphatic carbocycles. The molecule has 0 spiro atoms. The van der Waals surface area contributed by atoms with Crippen molar-refractivity contribution in [2.45, 2.75) is 6.92 Å². The molecule has 12 heteroatoms. The number of hydrogen-bond acceptors (Lipinski definition) is 8. The summed E-state index contributed by atoms with van der Waals surface area (Å²) in [5.41, 5.74) is 0.385. The molecule has 10 nitrogen and oxygen atoms in total. The summed E-state index contributed by atoms with van der Waals surface area (Å²) in [4.78, 5) is 49.7. The van der Waals surface area contributed by atoms with Gasteiger partial charge in [0.1, 0.15) is 5.57 Å². The second-order valence-corrected chi connectivity index (χ2v) is 8.49. The average molecular weight is 610 g/mol. The van der Waals surface area contributed by atoms with E-state index in [1.54, 1.807) is 19.1 Å². The maximum absolute atomic E-state index is 13.3. The molecule has 182 valence electrons. The van der Waals surface area contributed by atoms with E-state index in [2.05, 4.69) is 10.1 Å². The maximum atomic E-state index is 13.3. The van der Waals surface area contributed by atoms with Gasteiger partial charge in [0.2, 0.25) is 0 Å². The number of rotatable bonds is 8. The van der Waals surface area contributed by atoms with Gasteiger partial charge in [-0.05, 0) is 83.7 Å². The molecule has 0 unspecified atom stereocenters. The standard InChI is InChI=1S/C23H19IN2O8S/c1-3-33-17-9-12(8-16(24)19(17)34-11-18(27)32-2)7-15-20(28)25-23(35)26(21(15)29)14-6-4-5-13(10-14)22(30)31/h4-10H,3,11H2,1-2H3,(H,30,31)(H,25,28,35). The number of aromatic carboxylic acids is 1. The molecule has 1 fully saturated rings. The van der Waals surface area contributed by atoms with Gasteiger partial charge < -0.3 is 19.3 Å². The zero-order chi connectivity index (χ0) is 25.7. The number of esters is 1. The van der Waals surface area contributed by atoms with E-state index in [9.17, 15) is 24.3 Å². The minimum Gasteiger partial charge on any atom is -0.490 e. The first-order chi connectivity index (χ1) is 16.7. The van der Waals surface area contributed by atoms with Crippen molar-refractivity contribution in [2.24, 2.45) is 0 Å². The summed E-state index contributed by atoms with van der Waals surface area (Å²) in [5, 5.41) is 11.5. The monoisotopic (exact) mass is 610 g/mol. The Morgan fingerprint density at radius 3 is 2.60 bits per heavy atom. The predicted molar refractivity (Wildman–Crippen MR) is 137 cm³/mol. The third-order valence-corrected chi connectivity index (χ3v) is 5.74. The number of carbonyl (C=O) groups excluding carboxylic acids is 3. The molecule has 0 atom stereocenters. The molecule has 1 saturated heterocycles. The van der Waals surface area contributed by atoms with Gasteiger partial charge in [-0.1, -0.05) is 6.07 Å². The third-order valence-electron chi connectivity index (χ3n) is 4.66. The van der Waals surface area contributed by atoms with E-state index < -0.39 is 23.8 Å². The van der Waals surface area contributed by atoms with E-state index >= 15 is 0 Å². The number of nitrogens with zero attached hydrogens (tertiary/aromatic N) is 1. The molecule has 0 bridgehead atoms. The lowest BCUT2D eigenvalue weighted by Gasteiger charge is -2.29. The lowest BCUT2D eigenvalue weighted by atomic mass is 10.1. The second kappa shape index (κ2) is 11.3. The van der Waals surface area contributed by atoms with E-state index in [0.29, 0.717) is 27.2 Å². The number of nitrogens with one attached hydrogen (secondary N) is 1. The summed E-state index contributed by atoms with van der Waals surface area (Å²) >= 11 is 7.15. The van der Waals surface area contributed by atoms with Crippen LogP contribution in [0, 0.1) is 3.57 Å². The van der Waals surface area contributed by atoms with Crippen LogP contribution in [0.15, 0.2) is 42.0 Å². The molecule has 0 radical (unpaired) electrons. The summed E-state index contributed by atoms with van der Waals surface area (Å²) in [5.74, 6) is -2.55. The topological polar surface area (TPSA) is 131 Å². The highest BCUT2D eigenvalue weighted by molar-refractivity contribution is 14.1. The molecule has 2 aromatic carbocycles. The van der Waals surface area contributed by atoms with Gasteiger partial charge in [0.25, 0.3) is 11.8 Å². The number of thiocarbonyl (C=S) groups is 1. The first kappa shape index (κ1) is 26.1. The van der Waals surface area contributed by atoms with Crippen molar-refractivity contribution in [1.29, 1.82) is 0 Å². The number of hydrogen-bond donors (Lipinski definition) is 2. The molecule has 3 rings (SSSR count). The molecule has 1 aliphatic rings. The van der Waals surface area contributed by atoms with Crippen molar-refractivity contribution in [3.05, 3.63) is 56.7 Å². The van der Waals surface area contributed by atoms with E-state index in [1.165, 1.54) is 37.5 Å². The van der Waals surface area contributed by atoms with Crippen LogP contribution in [0.2, 0.25) is 0 Å². The number of ether oxygens (including phenoxy) is 3. The van der Waals surface area contributed by atoms with Crippen molar-refractivity contribution < 1.29 is 38.5 Å². The molecule has 2 amide bonds. The molecule has 35 heavy (non-hydrogen) atoms. The third kappa shape index (κ3) is 5.95. The predicted octanol–water partition coefficient (Wildman–Crippen LogP) is 2.77. The summed E-state index contributed by atoms with van der Waals surface area (Å²) in [6, 6.07) is 8.85. The van der Waals surface area contributed by atoms with Crippen molar-refractivity contribution in [2.75, 3.05) is 25.2 Å². The number of methoxy groups -OCH3 is 1. The van der Waals surface area contributed by atoms with Crippen LogP contribution in [0.1, 0.15) is 22.8 Å². The van der Waals surface area contributed by atoms with Crippen LogP contribution in [-0.2, 0) is 19.1 Å². The lowest BCUT2D eigenvalue weighted by Crippen LogP contribution is -2.54. The quantitative estimate of drug-likeness (QED) is 0.152. The fourth-order valence-electron chi connectivity index (χ4n) is 3.10. The Morgan fingerprint density at radius 2 is 1.94 bits per heavy atom. The van der Waals surface area contributed by atoms with E-state index in [1.807, 2.05) is 22.6 Å². The summed E-state index contributed by atoms with van der Waals surface area (Å²) < 4.78 is 16.3. The second-order valence-electron chi connectivity index (χ2n) is 6.94. The summed E-state index contributed by atoms with van der Waals surface area (Å²) in [7, 11) is 1.24. The van der Waals surface area contributed by atoms with Crippen LogP contribution in [0.3, 0.4) is 0 Å². The first-order valence-corrected chi connectivity index (χ1v) is 11.6. The van der Waals surface area contributed by atoms with E-state index in [4.69, 9.17) is 21.7 Å². The maximum Gasteiger partial charge on any atom is 0.343 e. The van der Waals surface area contributed by atoms with Crippen LogP contribution in [0.5, 0.6) is 11.5 Å². The van der Waals surface area contributed by atoms with Crippen LogP contribution in [0.4, 0.5) is 5.69 Å². The van der Waals surface area contributed by atoms with Gasteiger partial charge in [-0.15, -0.1) is 0 Å². The minimum absolute atomic E-state index is 0.0426. The van der Waals surface area contributed by atoms with Gasteiger partial charge in [-0.25, -0.2) is 9.59 Å². The van der Waals surface area contributed by atoms with Gasteiger partial charge in [0, 0.05) is 0 Å². The van der Waals surface area contributed by atoms with Crippen LogP contribution in [-0.4, -0.2) is 54.3 Å². The van der Waals surface area contributed by atoms with E-state index in [0.717, 1.165) is 4.90 Å². The Hall–Kier alpha value is -3.52. The van der Waals surface area contributed by atoms with Crippen molar-refractivity contribution in [3.63, 3.8) is 0 Å². The average Bonchev–Trinajstić information content (AvgIpc) is 2.81. The number of carbonyl (C=O) groups is 4. The zero-order valence-corrected chi connectivity index (χ0v) is 21.5. The van der Waals surface area contributed by atoms with Gasteiger partial charge in [0.05, 0.1) is 28.5 Å². The first-order valence-electron chi connectivity index (χ1n) is 10.1. The van der Waals surface area contributed by atoms with Gasteiger partial charge in [-0.2, -0.15) is 0 Å². The lowest BCUT2D eigenvalue weighted by molar-refractivity contribution is -0.143. The number of anilines is 1. The molecular formula is C23H19IN2O8S. The number of benzene rings is 2. The molecule has 1 aliphatic heterocycles. The number of amides is 2. The SMILES string of the molecule is CCOc1cc(C=C2C(=O)NC(=S)N(c3cccc(C(=O)O)c3)C2=O)cc(I)c1OCC(=O)OC. The highest BCUT2D eigenvalue weighted by Gasteiger charge is 2.35. The normalized spacial score (nSPS) is 14.5. The number of carboxylic acid groups (broad SMARTS) is 1. The fourth-order valence-corrected chi connectivity index (χ4v) is 4.16. The smallest absolute Gasteiger partial charge is 0.343 e. The summed E-state index contributed by atoms with van der Waals surface area (Å²) in [6.45, 7) is 1.74. The largest absolute Gasteiger partial charge is 0.490 e. The van der Waals surface area contributed by atoms with Crippen molar-refractivity contribution >= 4 is 75.4 Å². The Kier molecular flexibility index (Phi) is 8.40. The van der Waals surface area contributed by atoms with Crippen LogP contribution >= 0.6 is 34.8 Å². The number of carboxylic acids is 1. The Bertz CT molecular complexity index is 1260. The van der Waals surface area contributed by atoms with Crippen molar-refractivity contribution in [3.8, 4) is 11.5 Å². The van der Waals surface area contributed by atoms with Crippen LogP contribution in [0.25, 0.3) is 6.08 Å². The Labute approximate surface area is 219 Å². The molecule has 2 aromatic rings. The van der Waals surface area contributed by atoms with Gasteiger partial charge >= 0.3 is 11.9 Å². The summed E-state index contributed by atoms with van der Waals surface area (Å²) in [6.07, 6.45) is 1.36. The molecular weight excluding hydrogens is 591 g/mol. The minimum atomic E-state index is -1.17. The van der Waals surface area contributed by atoms with Gasteiger partial charge in [-0.3, -0.25) is 19.8 Å². The number of halogens is 1. The van der Waals surface area contributed by atoms with Crippen LogP contribution < -0.4 is 19.7 Å². The fraction of sp³-hybridized carbons (Fsp3) is 0.174. The zero-order valence-electron chi connectivity index (χ0n) is 18.5. The molecule has 0 saturated carbocycles. The molecule has 0 aromatic heterocycles. The molecule has 1 heterocycles.